The zero-order valence-corrected chi connectivity index (χ0v) is 13.1. The molecule has 0 amide bonds. The highest BCUT2D eigenvalue weighted by Crippen LogP contribution is 2.22. The molecule has 0 saturated carbocycles. The Morgan fingerprint density at radius 1 is 1.26 bits per heavy atom. The molecule has 0 spiro atoms. The molecular weight excluding hydrogens is 314 g/mol. The van der Waals surface area contributed by atoms with Crippen molar-refractivity contribution in [3.8, 4) is 11.3 Å². The van der Waals surface area contributed by atoms with Crippen LogP contribution in [0.5, 0.6) is 0 Å². The highest BCUT2D eigenvalue weighted by Gasteiger charge is 2.08. The smallest absolute Gasteiger partial charge is 0.270 e. The topological polar surface area (TPSA) is 93.8 Å². The van der Waals surface area contributed by atoms with Gasteiger partial charge in [0.2, 0.25) is 0 Å². The number of nitrogens with zero attached hydrogens (tertiary/aromatic N) is 4. The second kappa shape index (κ2) is 6.49. The van der Waals surface area contributed by atoms with Gasteiger partial charge in [-0.05, 0) is 19.1 Å². The molecule has 0 aliphatic carbocycles. The highest BCUT2D eigenvalue weighted by molar-refractivity contribution is 7.09. The fourth-order valence-electron chi connectivity index (χ4n) is 2.03. The first-order valence-corrected chi connectivity index (χ1v) is 7.73. The van der Waals surface area contributed by atoms with E-state index in [9.17, 15) is 10.1 Å². The lowest BCUT2D eigenvalue weighted by molar-refractivity contribution is -0.384. The van der Waals surface area contributed by atoms with Crippen LogP contribution in [0.25, 0.3) is 11.3 Å². The molecule has 0 radical (unpaired) electrons. The number of aryl methyl sites for hydroxylation is 1. The van der Waals surface area contributed by atoms with Crippen molar-refractivity contribution in [2.45, 2.75) is 13.5 Å². The van der Waals surface area contributed by atoms with Crippen LogP contribution >= 0.6 is 11.3 Å². The molecule has 1 N–H and O–H groups in total. The van der Waals surface area contributed by atoms with Gasteiger partial charge >= 0.3 is 0 Å². The van der Waals surface area contributed by atoms with Gasteiger partial charge in [-0.2, -0.15) is 0 Å². The second-order valence-corrected chi connectivity index (χ2v) is 5.88. The van der Waals surface area contributed by atoms with E-state index in [-0.39, 0.29) is 5.69 Å². The largest absolute Gasteiger partial charge is 0.363 e. The summed E-state index contributed by atoms with van der Waals surface area (Å²) in [6.07, 6.45) is 0. The summed E-state index contributed by atoms with van der Waals surface area (Å²) in [7, 11) is 0. The Hall–Kier alpha value is -2.87. The van der Waals surface area contributed by atoms with E-state index in [1.165, 1.54) is 12.1 Å². The number of non-ortho nitro benzene ring substituents is 1. The quantitative estimate of drug-likeness (QED) is 0.570. The van der Waals surface area contributed by atoms with Crippen molar-refractivity contribution in [1.29, 1.82) is 0 Å². The number of hydrogen-bond acceptors (Lipinski definition) is 7. The maximum Gasteiger partial charge on any atom is 0.270 e. The Kier molecular flexibility index (Phi) is 4.24. The molecule has 116 valence electrons. The molecule has 0 fully saturated rings. The van der Waals surface area contributed by atoms with Crippen LogP contribution in [-0.2, 0) is 6.54 Å². The fraction of sp³-hybridized carbons (Fsp3) is 0.133. The number of rotatable bonds is 5. The first-order valence-electron chi connectivity index (χ1n) is 6.85. The van der Waals surface area contributed by atoms with Crippen molar-refractivity contribution >= 4 is 22.8 Å². The zero-order chi connectivity index (χ0) is 16.2. The number of nitro benzene ring substituents is 1. The SMILES string of the molecule is Cc1nc(CNc2ccc(-c3cccc([N+](=O)[O-])c3)nn2)cs1. The van der Waals surface area contributed by atoms with Gasteiger partial charge in [-0.15, -0.1) is 21.5 Å². The zero-order valence-electron chi connectivity index (χ0n) is 12.3. The molecule has 0 bridgehead atoms. The molecule has 1 aromatic carbocycles. The highest BCUT2D eigenvalue weighted by atomic mass is 32.1. The van der Waals surface area contributed by atoms with Gasteiger partial charge in [0.15, 0.2) is 0 Å². The number of aromatic nitrogens is 3. The molecule has 0 atom stereocenters. The van der Waals surface area contributed by atoms with Crippen molar-refractivity contribution in [2.75, 3.05) is 5.32 Å². The van der Waals surface area contributed by atoms with Crippen molar-refractivity contribution in [3.63, 3.8) is 0 Å². The monoisotopic (exact) mass is 327 g/mol. The summed E-state index contributed by atoms with van der Waals surface area (Å²) in [6, 6.07) is 9.90. The Morgan fingerprint density at radius 3 is 2.78 bits per heavy atom. The summed E-state index contributed by atoms with van der Waals surface area (Å²) in [5.74, 6) is 0.629. The Balaban J connectivity index is 1.71. The van der Waals surface area contributed by atoms with Crippen LogP contribution in [0.2, 0.25) is 0 Å². The van der Waals surface area contributed by atoms with Crippen molar-refractivity contribution < 1.29 is 4.92 Å². The number of thiazole rings is 1. The molecular formula is C15H13N5O2S. The predicted octanol–water partition coefficient (Wildman–Crippen LogP) is 3.43. The summed E-state index contributed by atoms with van der Waals surface area (Å²) in [5.41, 5.74) is 2.24. The normalized spacial score (nSPS) is 10.5. The van der Waals surface area contributed by atoms with Crippen molar-refractivity contribution in [3.05, 3.63) is 62.6 Å². The second-order valence-electron chi connectivity index (χ2n) is 4.82. The fourth-order valence-corrected chi connectivity index (χ4v) is 2.64. The van der Waals surface area contributed by atoms with Gasteiger partial charge in [-0.25, -0.2) is 4.98 Å². The van der Waals surface area contributed by atoms with Gasteiger partial charge in [0.1, 0.15) is 5.82 Å². The minimum Gasteiger partial charge on any atom is -0.363 e. The average Bonchev–Trinajstić information content (AvgIpc) is 2.99. The Labute approximate surface area is 136 Å². The first kappa shape index (κ1) is 15.0. The van der Waals surface area contributed by atoms with Crippen LogP contribution in [0.4, 0.5) is 11.5 Å². The van der Waals surface area contributed by atoms with Crippen molar-refractivity contribution in [1.82, 2.24) is 15.2 Å². The van der Waals surface area contributed by atoms with E-state index in [0.717, 1.165) is 10.7 Å². The molecule has 7 nitrogen and oxygen atoms in total. The van der Waals surface area contributed by atoms with E-state index in [4.69, 9.17) is 0 Å². The minimum atomic E-state index is -0.428. The Bertz CT molecular complexity index is 832. The minimum absolute atomic E-state index is 0.0328. The lowest BCUT2D eigenvalue weighted by atomic mass is 10.1. The number of nitro groups is 1. The third-order valence-corrected chi connectivity index (χ3v) is 3.96. The summed E-state index contributed by atoms with van der Waals surface area (Å²) in [6.45, 7) is 2.54. The molecule has 2 heterocycles. The molecule has 3 rings (SSSR count). The molecule has 0 saturated heterocycles. The average molecular weight is 327 g/mol. The van der Waals surface area contributed by atoms with E-state index in [1.807, 2.05) is 12.3 Å². The summed E-state index contributed by atoms with van der Waals surface area (Å²) >= 11 is 1.60. The van der Waals surface area contributed by atoms with Crippen LogP contribution in [0.1, 0.15) is 10.7 Å². The number of hydrogen-bond donors (Lipinski definition) is 1. The van der Waals surface area contributed by atoms with Gasteiger partial charge in [0.25, 0.3) is 5.69 Å². The third-order valence-electron chi connectivity index (χ3n) is 3.13. The summed E-state index contributed by atoms with van der Waals surface area (Å²) < 4.78 is 0. The van der Waals surface area contributed by atoms with Crippen LogP contribution in [0.3, 0.4) is 0 Å². The summed E-state index contributed by atoms with van der Waals surface area (Å²) in [4.78, 5) is 14.7. The van der Waals surface area contributed by atoms with Gasteiger partial charge in [0, 0.05) is 23.1 Å². The maximum absolute atomic E-state index is 10.8. The van der Waals surface area contributed by atoms with E-state index >= 15 is 0 Å². The van der Waals surface area contributed by atoms with Gasteiger partial charge in [0.05, 0.1) is 27.9 Å². The molecule has 3 aromatic rings. The van der Waals surface area contributed by atoms with Crippen LogP contribution in [-0.4, -0.2) is 20.1 Å². The van der Waals surface area contributed by atoms with E-state index < -0.39 is 4.92 Å². The standard InChI is InChI=1S/C15H13N5O2S/c1-10-17-12(9-23-10)8-16-15-6-5-14(18-19-15)11-3-2-4-13(7-11)20(21)22/h2-7,9H,8H2,1H3,(H,16,19). The molecule has 0 unspecified atom stereocenters. The first-order chi connectivity index (χ1) is 11.1. The van der Waals surface area contributed by atoms with Crippen LogP contribution in [0.15, 0.2) is 41.8 Å². The molecule has 0 aliphatic rings. The number of nitrogens with one attached hydrogen (secondary N) is 1. The molecule has 23 heavy (non-hydrogen) atoms. The van der Waals surface area contributed by atoms with Gasteiger partial charge < -0.3 is 5.32 Å². The predicted molar refractivity (Wildman–Crippen MR) is 88.3 cm³/mol. The Morgan fingerprint density at radius 2 is 2.13 bits per heavy atom. The van der Waals surface area contributed by atoms with Gasteiger partial charge in [-0.1, -0.05) is 12.1 Å². The molecule has 0 aliphatic heterocycles. The van der Waals surface area contributed by atoms with Crippen LogP contribution < -0.4 is 5.32 Å². The van der Waals surface area contributed by atoms with Crippen molar-refractivity contribution in [2.24, 2.45) is 0 Å². The van der Waals surface area contributed by atoms with E-state index in [1.54, 1.807) is 35.6 Å². The molecule has 2 aromatic heterocycles. The van der Waals surface area contributed by atoms with E-state index in [2.05, 4.69) is 20.5 Å². The lowest BCUT2D eigenvalue weighted by Gasteiger charge is -2.04. The summed E-state index contributed by atoms with van der Waals surface area (Å²) in [5, 5.41) is 25.2. The number of anilines is 1. The van der Waals surface area contributed by atoms with Crippen LogP contribution in [0, 0.1) is 17.0 Å². The van der Waals surface area contributed by atoms with E-state index in [0.29, 0.717) is 23.6 Å². The number of benzene rings is 1. The lowest BCUT2D eigenvalue weighted by Crippen LogP contribution is -2.03. The maximum atomic E-state index is 10.8. The third kappa shape index (κ3) is 3.67. The molecule has 8 heteroatoms. The van der Waals surface area contributed by atoms with Gasteiger partial charge in [-0.3, -0.25) is 10.1 Å².